The first kappa shape index (κ1) is 14.2. The van der Waals surface area contributed by atoms with Crippen molar-refractivity contribution in [1.82, 2.24) is 0 Å². The van der Waals surface area contributed by atoms with Crippen LogP contribution in [0.3, 0.4) is 0 Å². The summed E-state index contributed by atoms with van der Waals surface area (Å²) >= 11 is 6.15. The van der Waals surface area contributed by atoms with Crippen LogP contribution in [0.4, 0.5) is 5.69 Å². The number of ether oxygens (including phenoxy) is 1. The van der Waals surface area contributed by atoms with Crippen LogP contribution in [0.25, 0.3) is 0 Å². The largest absolute Gasteiger partial charge is 0.464 e. The predicted molar refractivity (Wildman–Crippen MR) is 74.5 cm³/mol. The van der Waals surface area contributed by atoms with E-state index in [1.807, 2.05) is 12.1 Å². The van der Waals surface area contributed by atoms with Gasteiger partial charge in [0.1, 0.15) is 0 Å². The van der Waals surface area contributed by atoms with Crippen molar-refractivity contribution in [3.63, 3.8) is 0 Å². The van der Waals surface area contributed by atoms with E-state index >= 15 is 0 Å². The van der Waals surface area contributed by atoms with Crippen molar-refractivity contribution in [2.45, 2.75) is 25.9 Å². The number of anilines is 1. The average molecular weight is 284 g/mol. The number of carbonyl (C=O) groups is 1. The second-order valence-corrected chi connectivity index (χ2v) is 4.93. The third kappa shape index (κ3) is 3.01. The molecule has 5 heteroatoms. The maximum atomic E-state index is 11.7. The minimum absolute atomic E-state index is 0.236. The molecule has 1 aliphatic heterocycles. The Morgan fingerprint density at radius 3 is 2.79 bits per heavy atom. The Morgan fingerprint density at radius 2 is 2.16 bits per heavy atom. The van der Waals surface area contributed by atoms with Crippen molar-refractivity contribution < 1.29 is 14.6 Å². The Kier molecular flexibility index (Phi) is 4.66. The number of benzene rings is 1. The molecule has 0 saturated carbocycles. The molecule has 1 fully saturated rings. The summed E-state index contributed by atoms with van der Waals surface area (Å²) < 4.78 is 4.86. The van der Waals surface area contributed by atoms with E-state index in [4.69, 9.17) is 16.3 Å². The molecule has 2 rings (SSSR count). The minimum atomic E-state index is -1.33. The third-order valence-corrected chi connectivity index (χ3v) is 3.59. The van der Waals surface area contributed by atoms with Gasteiger partial charge < -0.3 is 14.7 Å². The SMILES string of the molecule is CCOC(=O)C(O)c1c(Cl)cccc1N1CCCC1. The van der Waals surface area contributed by atoms with Gasteiger partial charge in [0.2, 0.25) is 0 Å². The molecule has 0 aromatic heterocycles. The molecule has 1 N–H and O–H groups in total. The van der Waals surface area contributed by atoms with Crippen molar-refractivity contribution in [3.8, 4) is 0 Å². The standard InChI is InChI=1S/C14H18ClNO3/c1-2-19-14(18)13(17)12-10(15)6-5-7-11(12)16-8-3-4-9-16/h5-7,13,17H,2-4,8-9H2,1H3. The summed E-state index contributed by atoms with van der Waals surface area (Å²) in [4.78, 5) is 13.9. The number of rotatable bonds is 4. The molecule has 4 nitrogen and oxygen atoms in total. The van der Waals surface area contributed by atoms with Gasteiger partial charge in [-0.15, -0.1) is 0 Å². The Morgan fingerprint density at radius 1 is 1.47 bits per heavy atom. The molecule has 0 radical (unpaired) electrons. The molecule has 104 valence electrons. The third-order valence-electron chi connectivity index (χ3n) is 3.26. The van der Waals surface area contributed by atoms with E-state index in [2.05, 4.69) is 4.90 Å². The van der Waals surface area contributed by atoms with Gasteiger partial charge in [0.25, 0.3) is 0 Å². The summed E-state index contributed by atoms with van der Waals surface area (Å²) in [6.45, 7) is 3.78. The molecule has 0 bridgehead atoms. The summed E-state index contributed by atoms with van der Waals surface area (Å²) in [6, 6.07) is 5.39. The molecule has 1 heterocycles. The normalized spacial score (nSPS) is 16.5. The molecule has 1 aromatic carbocycles. The monoisotopic (exact) mass is 283 g/mol. The smallest absolute Gasteiger partial charge is 0.339 e. The fraction of sp³-hybridized carbons (Fsp3) is 0.500. The Labute approximate surface area is 117 Å². The highest BCUT2D eigenvalue weighted by atomic mass is 35.5. The van der Waals surface area contributed by atoms with E-state index in [0.717, 1.165) is 31.6 Å². The number of aliphatic hydroxyl groups excluding tert-OH is 1. The van der Waals surface area contributed by atoms with Crippen molar-refractivity contribution in [1.29, 1.82) is 0 Å². The number of halogens is 1. The quantitative estimate of drug-likeness (QED) is 0.863. The number of aliphatic hydroxyl groups is 1. The number of esters is 1. The zero-order valence-electron chi connectivity index (χ0n) is 10.9. The highest BCUT2D eigenvalue weighted by molar-refractivity contribution is 6.32. The fourth-order valence-electron chi connectivity index (χ4n) is 2.37. The van der Waals surface area contributed by atoms with Gasteiger partial charge in [-0.3, -0.25) is 0 Å². The van der Waals surface area contributed by atoms with Gasteiger partial charge in [0.05, 0.1) is 6.61 Å². The number of hydrogen-bond acceptors (Lipinski definition) is 4. The van der Waals surface area contributed by atoms with Crippen molar-refractivity contribution in [2.24, 2.45) is 0 Å². The summed E-state index contributed by atoms with van der Waals surface area (Å²) in [6.07, 6.45) is 0.896. The van der Waals surface area contributed by atoms with Gasteiger partial charge in [0, 0.05) is 29.4 Å². The number of hydrogen-bond donors (Lipinski definition) is 1. The Hall–Kier alpha value is -1.26. The number of nitrogens with zero attached hydrogens (tertiary/aromatic N) is 1. The molecule has 1 aliphatic rings. The molecular weight excluding hydrogens is 266 g/mol. The van der Waals surface area contributed by atoms with Crippen LogP contribution in [0.15, 0.2) is 18.2 Å². The van der Waals surface area contributed by atoms with Crippen molar-refractivity contribution in [3.05, 3.63) is 28.8 Å². The second kappa shape index (κ2) is 6.26. The Bertz CT molecular complexity index is 458. The number of carbonyl (C=O) groups excluding carboxylic acids is 1. The topological polar surface area (TPSA) is 49.8 Å². The van der Waals surface area contributed by atoms with Gasteiger partial charge in [-0.25, -0.2) is 4.79 Å². The summed E-state index contributed by atoms with van der Waals surface area (Å²) in [5, 5.41) is 10.5. The van der Waals surface area contributed by atoms with E-state index in [9.17, 15) is 9.90 Å². The molecule has 1 aromatic rings. The second-order valence-electron chi connectivity index (χ2n) is 4.52. The summed E-state index contributed by atoms with van der Waals surface area (Å²) in [7, 11) is 0. The lowest BCUT2D eigenvalue weighted by Gasteiger charge is -2.24. The van der Waals surface area contributed by atoms with Crippen LogP contribution < -0.4 is 4.90 Å². The van der Waals surface area contributed by atoms with Crippen molar-refractivity contribution in [2.75, 3.05) is 24.6 Å². The van der Waals surface area contributed by atoms with Crippen LogP contribution in [0.1, 0.15) is 31.4 Å². The van der Waals surface area contributed by atoms with Crippen LogP contribution in [0, 0.1) is 0 Å². The van der Waals surface area contributed by atoms with E-state index in [1.165, 1.54) is 0 Å². The van der Waals surface area contributed by atoms with E-state index < -0.39 is 12.1 Å². The fourth-order valence-corrected chi connectivity index (χ4v) is 2.64. The van der Waals surface area contributed by atoms with Gasteiger partial charge in [-0.2, -0.15) is 0 Å². The maximum Gasteiger partial charge on any atom is 0.339 e. The predicted octanol–water partition coefficient (Wildman–Crippen LogP) is 2.54. The summed E-state index contributed by atoms with van der Waals surface area (Å²) in [5.74, 6) is -0.656. The molecule has 0 spiro atoms. The lowest BCUT2D eigenvalue weighted by molar-refractivity contribution is -0.153. The molecule has 19 heavy (non-hydrogen) atoms. The van der Waals surface area contributed by atoms with Gasteiger partial charge in [0.15, 0.2) is 6.10 Å². The molecule has 1 saturated heterocycles. The van der Waals surface area contributed by atoms with Crippen LogP contribution >= 0.6 is 11.6 Å². The molecule has 1 unspecified atom stereocenters. The summed E-state index contributed by atoms with van der Waals surface area (Å²) in [5.41, 5.74) is 1.27. The van der Waals surface area contributed by atoms with E-state index in [-0.39, 0.29) is 6.61 Å². The van der Waals surface area contributed by atoms with Crippen LogP contribution in [0.2, 0.25) is 5.02 Å². The highest BCUT2D eigenvalue weighted by Crippen LogP contribution is 2.35. The van der Waals surface area contributed by atoms with Crippen LogP contribution in [-0.2, 0) is 9.53 Å². The Balaban J connectivity index is 2.34. The molecule has 0 amide bonds. The van der Waals surface area contributed by atoms with Crippen molar-refractivity contribution >= 4 is 23.3 Å². The highest BCUT2D eigenvalue weighted by Gasteiger charge is 2.27. The molecule has 1 atom stereocenters. The first-order valence-electron chi connectivity index (χ1n) is 6.53. The lowest BCUT2D eigenvalue weighted by atomic mass is 10.1. The van der Waals surface area contributed by atoms with Crippen LogP contribution in [0.5, 0.6) is 0 Å². The first-order chi connectivity index (χ1) is 9.15. The minimum Gasteiger partial charge on any atom is -0.464 e. The van der Waals surface area contributed by atoms with E-state index in [1.54, 1.807) is 13.0 Å². The van der Waals surface area contributed by atoms with Gasteiger partial charge in [-0.1, -0.05) is 17.7 Å². The molecule has 0 aliphatic carbocycles. The zero-order valence-corrected chi connectivity index (χ0v) is 11.7. The zero-order chi connectivity index (χ0) is 13.8. The average Bonchev–Trinajstić information content (AvgIpc) is 2.91. The molecular formula is C14H18ClNO3. The van der Waals surface area contributed by atoms with Gasteiger partial charge >= 0.3 is 5.97 Å². The van der Waals surface area contributed by atoms with Crippen LogP contribution in [-0.4, -0.2) is 30.8 Å². The maximum absolute atomic E-state index is 11.7. The lowest BCUT2D eigenvalue weighted by Crippen LogP contribution is -2.23. The first-order valence-corrected chi connectivity index (χ1v) is 6.91. The van der Waals surface area contributed by atoms with E-state index in [0.29, 0.717) is 10.6 Å². The van der Waals surface area contributed by atoms with Gasteiger partial charge in [-0.05, 0) is 31.9 Å².